The van der Waals surface area contributed by atoms with Gasteiger partial charge in [-0.15, -0.1) is 0 Å². The van der Waals surface area contributed by atoms with E-state index in [1.807, 2.05) is 18.2 Å². The molecule has 0 aliphatic heterocycles. The fourth-order valence-corrected chi connectivity index (χ4v) is 2.87. The van der Waals surface area contributed by atoms with Gasteiger partial charge in [0.2, 0.25) is 5.75 Å². The number of aromatic carboxylic acids is 1. The molecule has 0 amide bonds. The Morgan fingerprint density at radius 1 is 1.00 bits per heavy atom. The summed E-state index contributed by atoms with van der Waals surface area (Å²) < 4.78 is 16.1. The van der Waals surface area contributed by atoms with Crippen molar-refractivity contribution in [3.8, 4) is 17.2 Å². The molecule has 6 heteroatoms. The molecule has 0 bridgehead atoms. The molecule has 0 atom stereocenters. The van der Waals surface area contributed by atoms with Crippen molar-refractivity contribution in [2.24, 2.45) is 0 Å². The lowest BCUT2D eigenvalue weighted by Gasteiger charge is -2.13. The van der Waals surface area contributed by atoms with Crippen LogP contribution in [-0.4, -0.2) is 37.4 Å². The maximum atomic E-state index is 11.1. The van der Waals surface area contributed by atoms with Crippen molar-refractivity contribution in [3.05, 3.63) is 53.2 Å². The average molecular weight is 341 g/mol. The van der Waals surface area contributed by atoms with Crippen molar-refractivity contribution in [1.29, 1.82) is 0 Å². The van der Waals surface area contributed by atoms with E-state index in [4.69, 9.17) is 19.3 Å². The van der Waals surface area contributed by atoms with Gasteiger partial charge in [0.15, 0.2) is 11.5 Å². The number of fused-ring (bicyclic) bond motifs is 1. The van der Waals surface area contributed by atoms with Crippen LogP contribution in [0.25, 0.3) is 10.9 Å². The normalized spacial score (nSPS) is 10.7. The zero-order valence-corrected chi connectivity index (χ0v) is 14.3. The van der Waals surface area contributed by atoms with E-state index in [9.17, 15) is 4.79 Å². The van der Waals surface area contributed by atoms with Crippen LogP contribution in [0, 0.1) is 0 Å². The molecule has 0 saturated carbocycles. The Labute approximate surface area is 145 Å². The summed E-state index contributed by atoms with van der Waals surface area (Å²) in [6, 6.07) is 10.8. The summed E-state index contributed by atoms with van der Waals surface area (Å²) in [5.74, 6) is 0.807. The minimum absolute atomic E-state index is 0.258. The minimum atomic E-state index is -0.942. The molecule has 1 aromatic heterocycles. The number of ether oxygens (including phenoxy) is 3. The number of nitrogens with one attached hydrogen (secondary N) is 1. The largest absolute Gasteiger partial charge is 0.493 e. The van der Waals surface area contributed by atoms with E-state index < -0.39 is 5.97 Å². The highest BCUT2D eigenvalue weighted by Gasteiger charge is 2.14. The number of hydrogen-bond acceptors (Lipinski definition) is 4. The number of methoxy groups -OCH3 is 3. The van der Waals surface area contributed by atoms with E-state index in [-0.39, 0.29) is 5.56 Å². The van der Waals surface area contributed by atoms with Gasteiger partial charge < -0.3 is 24.3 Å². The predicted octanol–water partition coefficient (Wildman–Crippen LogP) is 3.48. The molecular weight excluding hydrogens is 322 g/mol. The quantitative estimate of drug-likeness (QED) is 0.717. The molecule has 1 heterocycles. The summed E-state index contributed by atoms with van der Waals surface area (Å²) in [4.78, 5) is 14.4. The van der Waals surface area contributed by atoms with E-state index in [1.54, 1.807) is 39.5 Å². The number of hydrogen-bond donors (Lipinski definition) is 2. The lowest BCUT2D eigenvalue weighted by atomic mass is 10.1. The van der Waals surface area contributed by atoms with Crippen LogP contribution in [0.4, 0.5) is 0 Å². The number of rotatable bonds is 6. The Bertz CT molecular complexity index is 904. The second-order valence-corrected chi connectivity index (χ2v) is 5.61. The minimum Gasteiger partial charge on any atom is -0.493 e. The third-order valence-electron chi connectivity index (χ3n) is 4.04. The Morgan fingerprint density at radius 3 is 2.24 bits per heavy atom. The molecule has 0 fully saturated rings. The lowest BCUT2D eigenvalue weighted by Crippen LogP contribution is -1.98. The zero-order valence-electron chi connectivity index (χ0n) is 14.3. The van der Waals surface area contributed by atoms with E-state index >= 15 is 0 Å². The molecule has 0 radical (unpaired) electrons. The predicted molar refractivity (Wildman–Crippen MR) is 94.2 cm³/mol. The fraction of sp³-hybridized carbons (Fsp3) is 0.211. The standard InChI is InChI=1S/C19H19NO5/c1-23-16-7-11(8-17(24-2)18(16)25-3)6-14-9-12-4-5-13(19(21)22)10-15(12)20-14/h4-5,7-10,20H,6H2,1-3H3,(H,21,22). The number of carbonyl (C=O) groups is 1. The topological polar surface area (TPSA) is 80.8 Å². The van der Waals surface area contributed by atoms with Crippen LogP contribution in [0.3, 0.4) is 0 Å². The summed E-state index contributed by atoms with van der Waals surface area (Å²) in [6.07, 6.45) is 0.619. The first-order valence-electron chi connectivity index (χ1n) is 7.69. The summed E-state index contributed by atoms with van der Waals surface area (Å²) in [5.41, 5.74) is 3.00. The second-order valence-electron chi connectivity index (χ2n) is 5.61. The van der Waals surface area contributed by atoms with Gasteiger partial charge in [0.1, 0.15) is 0 Å². The van der Waals surface area contributed by atoms with Crippen molar-refractivity contribution >= 4 is 16.9 Å². The Hall–Kier alpha value is -3.15. The molecule has 130 valence electrons. The number of carboxylic acids is 1. The van der Waals surface area contributed by atoms with E-state index in [0.29, 0.717) is 23.7 Å². The van der Waals surface area contributed by atoms with Crippen molar-refractivity contribution in [2.45, 2.75) is 6.42 Å². The highest BCUT2D eigenvalue weighted by molar-refractivity contribution is 5.93. The monoisotopic (exact) mass is 341 g/mol. The van der Waals surface area contributed by atoms with Gasteiger partial charge >= 0.3 is 5.97 Å². The fourth-order valence-electron chi connectivity index (χ4n) is 2.87. The molecule has 3 aromatic rings. The Balaban J connectivity index is 1.96. The third-order valence-corrected chi connectivity index (χ3v) is 4.04. The number of aromatic nitrogens is 1. The van der Waals surface area contributed by atoms with E-state index in [1.165, 1.54) is 0 Å². The molecule has 2 aromatic carbocycles. The maximum Gasteiger partial charge on any atom is 0.335 e. The summed E-state index contributed by atoms with van der Waals surface area (Å²) in [7, 11) is 4.73. The molecule has 3 rings (SSSR count). The van der Waals surface area contributed by atoms with Crippen LogP contribution in [-0.2, 0) is 6.42 Å². The van der Waals surface area contributed by atoms with Gasteiger partial charge in [-0.05, 0) is 41.3 Å². The average Bonchev–Trinajstić information content (AvgIpc) is 3.01. The van der Waals surface area contributed by atoms with Gasteiger partial charge in [-0.1, -0.05) is 6.07 Å². The van der Waals surface area contributed by atoms with E-state index in [0.717, 1.165) is 22.2 Å². The number of carboxylic acid groups (broad SMARTS) is 1. The van der Waals surface area contributed by atoms with E-state index in [2.05, 4.69) is 4.98 Å². The molecule has 0 aliphatic rings. The second kappa shape index (κ2) is 6.76. The molecule has 0 saturated heterocycles. The molecule has 0 spiro atoms. The molecule has 0 aliphatic carbocycles. The first-order valence-corrected chi connectivity index (χ1v) is 7.69. The molecule has 25 heavy (non-hydrogen) atoms. The number of benzene rings is 2. The SMILES string of the molecule is COc1cc(Cc2cc3ccc(C(=O)O)cc3[nH]2)cc(OC)c1OC. The third kappa shape index (κ3) is 3.24. The summed E-state index contributed by atoms with van der Waals surface area (Å²) >= 11 is 0. The highest BCUT2D eigenvalue weighted by Crippen LogP contribution is 2.38. The van der Waals surface area contributed by atoms with Crippen molar-refractivity contribution in [2.75, 3.05) is 21.3 Å². The van der Waals surface area contributed by atoms with Crippen molar-refractivity contribution < 1.29 is 24.1 Å². The van der Waals surface area contributed by atoms with Gasteiger partial charge in [-0.3, -0.25) is 0 Å². The van der Waals surface area contributed by atoms with Crippen LogP contribution in [0.15, 0.2) is 36.4 Å². The Morgan fingerprint density at radius 2 is 1.68 bits per heavy atom. The van der Waals surface area contributed by atoms with Crippen molar-refractivity contribution in [1.82, 2.24) is 4.98 Å². The van der Waals surface area contributed by atoms with Crippen molar-refractivity contribution in [3.63, 3.8) is 0 Å². The highest BCUT2D eigenvalue weighted by atomic mass is 16.5. The van der Waals surface area contributed by atoms with Crippen LogP contribution in [0.5, 0.6) is 17.2 Å². The molecule has 0 unspecified atom stereocenters. The number of H-pyrrole nitrogens is 1. The molecule has 2 N–H and O–H groups in total. The zero-order chi connectivity index (χ0) is 18.0. The maximum absolute atomic E-state index is 11.1. The molecular formula is C19H19NO5. The first-order chi connectivity index (χ1) is 12.0. The Kier molecular flexibility index (Phi) is 4.52. The van der Waals surface area contributed by atoms with Gasteiger partial charge in [0.25, 0.3) is 0 Å². The summed E-state index contributed by atoms with van der Waals surface area (Å²) in [6.45, 7) is 0. The van der Waals surface area contributed by atoms with Gasteiger partial charge in [0, 0.05) is 17.6 Å². The molecule has 6 nitrogen and oxygen atoms in total. The summed E-state index contributed by atoms with van der Waals surface area (Å²) in [5, 5.41) is 10.1. The van der Waals surface area contributed by atoms with Crippen LogP contribution in [0.2, 0.25) is 0 Å². The van der Waals surface area contributed by atoms with Gasteiger partial charge in [-0.2, -0.15) is 0 Å². The smallest absolute Gasteiger partial charge is 0.335 e. The van der Waals surface area contributed by atoms with Crippen LogP contribution >= 0.6 is 0 Å². The van der Waals surface area contributed by atoms with Crippen LogP contribution in [0.1, 0.15) is 21.6 Å². The number of aromatic amines is 1. The van der Waals surface area contributed by atoms with Gasteiger partial charge in [-0.25, -0.2) is 4.79 Å². The lowest BCUT2D eigenvalue weighted by molar-refractivity contribution is 0.0697. The first kappa shape index (κ1) is 16.7. The van der Waals surface area contributed by atoms with Crippen LogP contribution < -0.4 is 14.2 Å². The van der Waals surface area contributed by atoms with Gasteiger partial charge in [0.05, 0.1) is 26.9 Å².